The monoisotopic (exact) mass is 516 g/mol. The lowest BCUT2D eigenvalue weighted by molar-refractivity contribution is -0.139. The summed E-state index contributed by atoms with van der Waals surface area (Å²) in [6, 6.07) is 24.1. The van der Waals surface area contributed by atoms with E-state index in [2.05, 4.69) is 63.3 Å². The van der Waals surface area contributed by atoms with Gasteiger partial charge in [-0.3, -0.25) is 9.59 Å². The molecule has 1 atom stereocenters. The van der Waals surface area contributed by atoms with E-state index in [0.29, 0.717) is 31.2 Å². The summed E-state index contributed by atoms with van der Waals surface area (Å²) in [4.78, 5) is 29.0. The van der Waals surface area contributed by atoms with Crippen molar-refractivity contribution in [2.75, 3.05) is 12.3 Å². The van der Waals surface area contributed by atoms with Crippen LogP contribution in [0.3, 0.4) is 0 Å². The number of nitrogens with zero attached hydrogens (tertiary/aromatic N) is 1. The standard InChI is InChI=1S/C32H40N2O2S/c1-23(2)19-33-32(36)30(18-27-9-7-6-8-10-27)34(20-28-13-11-24(3)12-14-28)31(35)22-37-21-29-16-25(4)15-26(5)17-29/h6-17,23,30H,18-22H2,1-5H3,(H,33,36)/t30-/m1/s1. The first kappa shape index (κ1) is 28.5. The second kappa shape index (κ2) is 14.0. The fourth-order valence-corrected chi connectivity index (χ4v) is 5.20. The lowest BCUT2D eigenvalue weighted by Gasteiger charge is -2.32. The first-order chi connectivity index (χ1) is 17.7. The second-order valence-corrected chi connectivity index (χ2v) is 11.3. The molecule has 0 spiro atoms. The number of carbonyl (C=O) groups excluding carboxylic acids is 2. The van der Waals surface area contributed by atoms with Crippen molar-refractivity contribution < 1.29 is 9.59 Å². The van der Waals surface area contributed by atoms with Crippen LogP contribution in [0.5, 0.6) is 0 Å². The number of thioether (sulfide) groups is 1. The predicted octanol–water partition coefficient (Wildman–Crippen LogP) is 6.26. The Bertz CT molecular complexity index is 1140. The summed E-state index contributed by atoms with van der Waals surface area (Å²) < 4.78 is 0. The third-order valence-electron chi connectivity index (χ3n) is 6.20. The Hall–Kier alpha value is -3.05. The van der Waals surface area contributed by atoms with Gasteiger partial charge in [0, 0.05) is 25.3 Å². The smallest absolute Gasteiger partial charge is 0.243 e. The maximum absolute atomic E-state index is 13.7. The Morgan fingerprint density at radius 2 is 1.46 bits per heavy atom. The third-order valence-corrected chi connectivity index (χ3v) is 7.19. The number of hydrogen-bond acceptors (Lipinski definition) is 3. The molecular weight excluding hydrogens is 476 g/mol. The first-order valence-corrected chi connectivity index (χ1v) is 14.2. The van der Waals surface area contributed by atoms with Crippen LogP contribution in [0, 0.1) is 26.7 Å². The highest BCUT2D eigenvalue weighted by atomic mass is 32.2. The molecule has 196 valence electrons. The van der Waals surface area contributed by atoms with E-state index in [1.807, 2.05) is 49.4 Å². The van der Waals surface area contributed by atoms with E-state index < -0.39 is 6.04 Å². The molecule has 37 heavy (non-hydrogen) atoms. The zero-order valence-electron chi connectivity index (χ0n) is 22.8. The number of benzene rings is 3. The molecule has 5 heteroatoms. The maximum atomic E-state index is 13.7. The molecule has 0 heterocycles. The van der Waals surface area contributed by atoms with Gasteiger partial charge < -0.3 is 10.2 Å². The van der Waals surface area contributed by atoms with Crippen LogP contribution in [-0.2, 0) is 28.3 Å². The fourth-order valence-electron chi connectivity index (χ4n) is 4.36. The minimum atomic E-state index is -0.586. The average Bonchev–Trinajstić information content (AvgIpc) is 2.85. The fraction of sp³-hybridized carbons (Fsp3) is 0.375. The lowest BCUT2D eigenvalue weighted by atomic mass is 10.0. The molecule has 0 aliphatic rings. The zero-order valence-corrected chi connectivity index (χ0v) is 23.6. The van der Waals surface area contributed by atoms with Gasteiger partial charge in [0.15, 0.2) is 0 Å². The van der Waals surface area contributed by atoms with Gasteiger partial charge in [0.2, 0.25) is 11.8 Å². The van der Waals surface area contributed by atoms with E-state index in [1.165, 1.54) is 22.3 Å². The Balaban J connectivity index is 1.84. The average molecular weight is 517 g/mol. The van der Waals surface area contributed by atoms with Gasteiger partial charge in [0.1, 0.15) is 6.04 Å². The summed E-state index contributed by atoms with van der Waals surface area (Å²) in [7, 11) is 0. The summed E-state index contributed by atoms with van der Waals surface area (Å²) in [6.45, 7) is 11.4. The number of rotatable bonds is 12. The summed E-state index contributed by atoms with van der Waals surface area (Å²) in [5, 5.41) is 3.09. The molecule has 0 radical (unpaired) electrons. The number of amides is 2. The first-order valence-electron chi connectivity index (χ1n) is 13.0. The normalized spacial score (nSPS) is 11.8. The molecule has 0 saturated heterocycles. The number of nitrogens with one attached hydrogen (secondary N) is 1. The minimum Gasteiger partial charge on any atom is -0.354 e. The maximum Gasteiger partial charge on any atom is 0.243 e. The Labute approximate surface area is 226 Å². The van der Waals surface area contributed by atoms with E-state index >= 15 is 0 Å². The van der Waals surface area contributed by atoms with Gasteiger partial charge in [0.25, 0.3) is 0 Å². The van der Waals surface area contributed by atoms with Crippen molar-refractivity contribution in [2.24, 2.45) is 5.92 Å². The SMILES string of the molecule is Cc1ccc(CN(C(=O)CSCc2cc(C)cc(C)c2)[C@H](Cc2ccccc2)C(=O)NCC(C)C)cc1. The molecule has 0 fully saturated rings. The number of aryl methyl sites for hydroxylation is 3. The van der Waals surface area contributed by atoms with Crippen LogP contribution in [0.15, 0.2) is 72.8 Å². The van der Waals surface area contributed by atoms with Gasteiger partial charge in [0.05, 0.1) is 5.75 Å². The van der Waals surface area contributed by atoms with Crippen molar-refractivity contribution in [3.63, 3.8) is 0 Å². The molecule has 2 amide bonds. The summed E-state index contributed by atoms with van der Waals surface area (Å²) in [6.07, 6.45) is 0.476. The van der Waals surface area contributed by atoms with Gasteiger partial charge in [-0.2, -0.15) is 0 Å². The molecule has 0 aliphatic heterocycles. The molecule has 0 bridgehead atoms. The highest BCUT2D eigenvalue weighted by Gasteiger charge is 2.30. The Kier molecular flexibility index (Phi) is 10.8. The lowest BCUT2D eigenvalue weighted by Crippen LogP contribution is -2.51. The summed E-state index contributed by atoms with van der Waals surface area (Å²) in [5.74, 6) is 1.29. The van der Waals surface area contributed by atoms with Gasteiger partial charge >= 0.3 is 0 Å². The van der Waals surface area contributed by atoms with E-state index in [4.69, 9.17) is 0 Å². The molecule has 1 N–H and O–H groups in total. The third kappa shape index (κ3) is 9.40. The van der Waals surface area contributed by atoms with Crippen LogP contribution in [0.4, 0.5) is 0 Å². The van der Waals surface area contributed by atoms with Crippen molar-refractivity contribution >= 4 is 23.6 Å². The van der Waals surface area contributed by atoms with Crippen LogP contribution in [0.1, 0.15) is 47.2 Å². The van der Waals surface area contributed by atoms with Gasteiger partial charge in [-0.1, -0.05) is 103 Å². The van der Waals surface area contributed by atoms with Crippen LogP contribution in [0.2, 0.25) is 0 Å². The number of carbonyl (C=O) groups is 2. The molecule has 3 aromatic carbocycles. The molecule has 0 unspecified atom stereocenters. The van der Waals surface area contributed by atoms with E-state index in [-0.39, 0.29) is 11.8 Å². The second-order valence-electron chi connectivity index (χ2n) is 10.3. The van der Waals surface area contributed by atoms with Gasteiger partial charge in [-0.15, -0.1) is 11.8 Å². The van der Waals surface area contributed by atoms with Crippen LogP contribution in [-0.4, -0.2) is 35.1 Å². The number of hydrogen-bond donors (Lipinski definition) is 1. The van der Waals surface area contributed by atoms with Gasteiger partial charge in [-0.25, -0.2) is 0 Å². The van der Waals surface area contributed by atoms with E-state index in [9.17, 15) is 9.59 Å². The topological polar surface area (TPSA) is 49.4 Å². The molecular formula is C32H40N2O2S. The molecule has 3 rings (SSSR count). The van der Waals surface area contributed by atoms with Crippen LogP contribution >= 0.6 is 11.8 Å². The van der Waals surface area contributed by atoms with E-state index in [1.54, 1.807) is 16.7 Å². The molecule has 0 aliphatic carbocycles. The Morgan fingerprint density at radius 3 is 2.08 bits per heavy atom. The molecule has 4 nitrogen and oxygen atoms in total. The highest BCUT2D eigenvalue weighted by Crippen LogP contribution is 2.20. The minimum absolute atomic E-state index is 0.0180. The zero-order chi connectivity index (χ0) is 26.8. The van der Waals surface area contributed by atoms with Crippen molar-refractivity contribution in [1.29, 1.82) is 0 Å². The predicted molar refractivity (Wildman–Crippen MR) is 156 cm³/mol. The van der Waals surface area contributed by atoms with Gasteiger partial charge in [-0.05, 0) is 43.4 Å². The highest BCUT2D eigenvalue weighted by molar-refractivity contribution is 7.99. The van der Waals surface area contributed by atoms with E-state index in [0.717, 1.165) is 16.9 Å². The van der Waals surface area contributed by atoms with Crippen molar-refractivity contribution in [2.45, 2.75) is 59.4 Å². The summed E-state index contributed by atoms with van der Waals surface area (Å²) >= 11 is 1.60. The van der Waals surface area contributed by atoms with Crippen molar-refractivity contribution in [3.05, 3.63) is 106 Å². The molecule has 0 aromatic heterocycles. The van der Waals surface area contributed by atoms with Crippen LogP contribution < -0.4 is 5.32 Å². The Morgan fingerprint density at radius 1 is 0.811 bits per heavy atom. The molecule has 3 aromatic rings. The quantitative estimate of drug-likeness (QED) is 0.309. The van der Waals surface area contributed by atoms with Crippen molar-refractivity contribution in [3.8, 4) is 0 Å². The summed E-state index contributed by atoms with van der Waals surface area (Å²) in [5.41, 5.74) is 6.90. The van der Waals surface area contributed by atoms with Crippen molar-refractivity contribution in [1.82, 2.24) is 10.2 Å². The largest absolute Gasteiger partial charge is 0.354 e. The molecule has 0 saturated carbocycles. The van der Waals surface area contributed by atoms with Crippen LogP contribution in [0.25, 0.3) is 0 Å².